The molecule has 25 heavy (non-hydrogen) atoms. The molecule has 0 atom stereocenters. The molecule has 0 spiro atoms. The van der Waals surface area contributed by atoms with Crippen LogP contribution in [0, 0.1) is 0 Å². The monoisotopic (exact) mass is 343 g/mol. The number of aromatic nitrogens is 3. The van der Waals surface area contributed by atoms with E-state index in [4.69, 9.17) is 4.52 Å². The third kappa shape index (κ3) is 3.97. The van der Waals surface area contributed by atoms with Crippen molar-refractivity contribution in [2.75, 3.05) is 25.0 Å². The van der Waals surface area contributed by atoms with Crippen molar-refractivity contribution in [3.63, 3.8) is 0 Å². The number of amides is 1. The van der Waals surface area contributed by atoms with Gasteiger partial charge in [0.25, 0.3) is 5.91 Å². The normalized spacial score (nSPS) is 14.3. The minimum absolute atomic E-state index is 0.0984. The van der Waals surface area contributed by atoms with Crippen molar-refractivity contribution in [1.29, 1.82) is 0 Å². The van der Waals surface area contributed by atoms with Crippen LogP contribution in [-0.4, -0.2) is 45.6 Å². The fraction of sp³-hybridized carbons (Fsp3) is 0.556. The first kappa shape index (κ1) is 17.4. The Morgan fingerprint density at radius 1 is 1.24 bits per heavy atom. The van der Waals surface area contributed by atoms with Gasteiger partial charge in [-0.15, -0.1) is 0 Å². The van der Waals surface area contributed by atoms with E-state index in [0.717, 1.165) is 44.6 Å². The second-order valence-electron chi connectivity index (χ2n) is 6.66. The zero-order chi connectivity index (χ0) is 17.8. The molecule has 1 N–H and O–H groups in total. The molecule has 2 aromatic heterocycles. The SMILES string of the molecule is CCCNc1nc(-c2cc(C(=O)N3CCCC3)on2)cc(C(C)C)n1. The molecule has 3 rings (SSSR count). The number of hydrogen-bond donors (Lipinski definition) is 1. The lowest BCUT2D eigenvalue weighted by atomic mass is 10.1. The third-order valence-electron chi connectivity index (χ3n) is 4.25. The van der Waals surface area contributed by atoms with Gasteiger partial charge in [0.15, 0.2) is 0 Å². The number of nitrogens with zero attached hydrogens (tertiary/aromatic N) is 4. The molecule has 134 valence electrons. The topological polar surface area (TPSA) is 84.2 Å². The predicted molar refractivity (Wildman–Crippen MR) is 95.5 cm³/mol. The van der Waals surface area contributed by atoms with Crippen LogP contribution in [0.1, 0.15) is 62.2 Å². The summed E-state index contributed by atoms with van der Waals surface area (Å²) in [7, 11) is 0. The number of carbonyl (C=O) groups is 1. The van der Waals surface area contributed by atoms with Gasteiger partial charge in [-0.2, -0.15) is 0 Å². The van der Waals surface area contributed by atoms with E-state index in [-0.39, 0.29) is 17.6 Å². The number of anilines is 1. The van der Waals surface area contributed by atoms with Gasteiger partial charge < -0.3 is 14.7 Å². The Morgan fingerprint density at radius 3 is 2.68 bits per heavy atom. The lowest BCUT2D eigenvalue weighted by molar-refractivity contribution is 0.0751. The second kappa shape index (κ2) is 7.63. The fourth-order valence-corrected chi connectivity index (χ4v) is 2.78. The number of rotatable bonds is 6. The molecule has 1 amide bonds. The van der Waals surface area contributed by atoms with Gasteiger partial charge in [0.2, 0.25) is 11.7 Å². The summed E-state index contributed by atoms with van der Waals surface area (Å²) in [5.41, 5.74) is 2.16. The smallest absolute Gasteiger partial charge is 0.292 e. The molecule has 3 heterocycles. The highest BCUT2D eigenvalue weighted by molar-refractivity contribution is 5.92. The van der Waals surface area contributed by atoms with Crippen LogP contribution < -0.4 is 5.32 Å². The number of carbonyl (C=O) groups excluding carboxylic acids is 1. The highest BCUT2D eigenvalue weighted by Crippen LogP contribution is 2.24. The lowest BCUT2D eigenvalue weighted by Gasteiger charge is -2.11. The van der Waals surface area contributed by atoms with E-state index in [1.165, 1.54) is 0 Å². The number of hydrogen-bond acceptors (Lipinski definition) is 6. The van der Waals surface area contributed by atoms with Crippen molar-refractivity contribution in [2.24, 2.45) is 0 Å². The molecule has 1 aliphatic rings. The molecule has 1 fully saturated rings. The van der Waals surface area contributed by atoms with Gasteiger partial charge in [0.05, 0.1) is 5.69 Å². The van der Waals surface area contributed by atoms with E-state index in [1.54, 1.807) is 11.0 Å². The maximum atomic E-state index is 12.4. The Bertz CT molecular complexity index is 735. The number of nitrogens with one attached hydrogen (secondary N) is 1. The summed E-state index contributed by atoms with van der Waals surface area (Å²) in [5.74, 6) is 1.02. The average Bonchev–Trinajstić information content (AvgIpc) is 3.30. The van der Waals surface area contributed by atoms with E-state index in [0.29, 0.717) is 17.3 Å². The molecule has 0 saturated carbocycles. The quantitative estimate of drug-likeness (QED) is 0.866. The van der Waals surface area contributed by atoms with Crippen molar-refractivity contribution in [2.45, 2.75) is 46.0 Å². The van der Waals surface area contributed by atoms with Crippen molar-refractivity contribution >= 4 is 11.9 Å². The van der Waals surface area contributed by atoms with Crippen LogP contribution in [0.15, 0.2) is 16.7 Å². The molecule has 1 aliphatic heterocycles. The Balaban J connectivity index is 1.87. The van der Waals surface area contributed by atoms with Crippen molar-refractivity contribution in [3.05, 3.63) is 23.6 Å². The summed E-state index contributed by atoms with van der Waals surface area (Å²) in [6.07, 6.45) is 3.08. The van der Waals surface area contributed by atoms with Crippen molar-refractivity contribution in [1.82, 2.24) is 20.0 Å². The molecular formula is C18H25N5O2. The van der Waals surface area contributed by atoms with E-state index in [2.05, 4.69) is 41.2 Å². The first-order chi connectivity index (χ1) is 12.1. The van der Waals surface area contributed by atoms with Gasteiger partial charge in [0.1, 0.15) is 5.69 Å². The highest BCUT2D eigenvalue weighted by atomic mass is 16.5. The standard InChI is InChI=1S/C18H25N5O2/c1-4-7-19-18-20-13(12(2)3)10-14(21-18)15-11-16(25-22-15)17(24)23-8-5-6-9-23/h10-12H,4-9H2,1-3H3,(H,19,20,21). The van der Waals surface area contributed by atoms with Crippen LogP contribution >= 0.6 is 0 Å². The van der Waals surface area contributed by atoms with Gasteiger partial charge in [-0.1, -0.05) is 25.9 Å². The zero-order valence-electron chi connectivity index (χ0n) is 15.1. The van der Waals surface area contributed by atoms with Gasteiger partial charge in [0, 0.05) is 31.4 Å². The second-order valence-corrected chi connectivity index (χ2v) is 6.66. The molecule has 0 unspecified atom stereocenters. The molecule has 0 radical (unpaired) electrons. The minimum Gasteiger partial charge on any atom is -0.354 e. The fourth-order valence-electron chi connectivity index (χ4n) is 2.78. The Hall–Kier alpha value is -2.44. The van der Waals surface area contributed by atoms with Crippen LogP contribution in [0.4, 0.5) is 5.95 Å². The first-order valence-electron chi connectivity index (χ1n) is 8.97. The van der Waals surface area contributed by atoms with E-state index in [9.17, 15) is 4.79 Å². The summed E-state index contributed by atoms with van der Waals surface area (Å²) in [6.45, 7) is 8.63. The molecule has 7 nitrogen and oxygen atoms in total. The maximum absolute atomic E-state index is 12.4. The summed E-state index contributed by atoms with van der Waals surface area (Å²) >= 11 is 0. The average molecular weight is 343 g/mol. The summed E-state index contributed by atoms with van der Waals surface area (Å²) in [4.78, 5) is 23.3. The molecule has 7 heteroatoms. The van der Waals surface area contributed by atoms with Crippen LogP contribution in [0.3, 0.4) is 0 Å². The van der Waals surface area contributed by atoms with Gasteiger partial charge in [-0.25, -0.2) is 9.97 Å². The zero-order valence-corrected chi connectivity index (χ0v) is 15.1. The first-order valence-corrected chi connectivity index (χ1v) is 8.97. The molecule has 0 aliphatic carbocycles. The lowest BCUT2D eigenvalue weighted by Crippen LogP contribution is -2.27. The largest absolute Gasteiger partial charge is 0.354 e. The van der Waals surface area contributed by atoms with Gasteiger partial charge in [-0.3, -0.25) is 4.79 Å². The van der Waals surface area contributed by atoms with Crippen LogP contribution in [0.2, 0.25) is 0 Å². The maximum Gasteiger partial charge on any atom is 0.292 e. The molecular weight excluding hydrogens is 318 g/mol. The third-order valence-corrected chi connectivity index (χ3v) is 4.25. The molecule has 1 saturated heterocycles. The predicted octanol–water partition coefficient (Wildman–Crippen LogP) is 3.31. The molecule has 0 bridgehead atoms. The van der Waals surface area contributed by atoms with Crippen LogP contribution in [0.25, 0.3) is 11.4 Å². The van der Waals surface area contributed by atoms with E-state index in [1.807, 2.05) is 6.07 Å². The summed E-state index contributed by atoms with van der Waals surface area (Å²) in [5, 5.41) is 7.28. The van der Waals surface area contributed by atoms with Crippen molar-refractivity contribution < 1.29 is 9.32 Å². The highest BCUT2D eigenvalue weighted by Gasteiger charge is 2.24. The van der Waals surface area contributed by atoms with Gasteiger partial charge >= 0.3 is 0 Å². The Kier molecular flexibility index (Phi) is 5.31. The Labute approximate surface area is 147 Å². The number of likely N-dealkylation sites (tertiary alicyclic amines) is 1. The van der Waals surface area contributed by atoms with E-state index < -0.39 is 0 Å². The summed E-state index contributed by atoms with van der Waals surface area (Å²) in [6, 6.07) is 3.58. The Morgan fingerprint density at radius 2 is 2.00 bits per heavy atom. The molecule has 2 aromatic rings. The molecule has 0 aromatic carbocycles. The van der Waals surface area contributed by atoms with Crippen molar-refractivity contribution in [3.8, 4) is 11.4 Å². The van der Waals surface area contributed by atoms with Gasteiger partial charge in [-0.05, 0) is 31.2 Å². The summed E-state index contributed by atoms with van der Waals surface area (Å²) < 4.78 is 5.29. The van der Waals surface area contributed by atoms with Crippen LogP contribution in [-0.2, 0) is 0 Å². The minimum atomic E-state index is -0.0984. The van der Waals surface area contributed by atoms with E-state index >= 15 is 0 Å². The van der Waals surface area contributed by atoms with Crippen LogP contribution in [0.5, 0.6) is 0 Å².